The Labute approximate surface area is 160 Å². The highest BCUT2D eigenvalue weighted by atomic mass is 32.2. The SMILES string of the molecule is C=CCNC(=O)NC(=O)CSc1nnc2cc(C)c3ccc(OC)cc3n12. The number of aryl methyl sites for hydroxylation is 1. The molecule has 0 spiro atoms. The minimum Gasteiger partial charge on any atom is -0.497 e. The van der Waals surface area contributed by atoms with Crippen LogP contribution in [0.25, 0.3) is 16.6 Å². The van der Waals surface area contributed by atoms with E-state index in [0.29, 0.717) is 10.8 Å². The number of hydrogen-bond donors (Lipinski definition) is 2. The Morgan fingerprint density at radius 3 is 2.89 bits per heavy atom. The molecule has 2 heterocycles. The number of ether oxygens (including phenoxy) is 1. The number of thioether (sulfide) groups is 1. The Kier molecular flexibility index (Phi) is 5.60. The highest BCUT2D eigenvalue weighted by molar-refractivity contribution is 7.99. The molecule has 0 unspecified atom stereocenters. The van der Waals surface area contributed by atoms with Gasteiger partial charge in [-0.25, -0.2) is 4.79 Å². The summed E-state index contributed by atoms with van der Waals surface area (Å²) < 4.78 is 7.20. The summed E-state index contributed by atoms with van der Waals surface area (Å²) >= 11 is 1.20. The van der Waals surface area contributed by atoms with Gasteiger partial charge >= 0.3 is 6.03 Å². The first-order chi connectivity index (χ1) is 13.0. The van der Waals surface area contributed by atoms with Crippen LogP contribution < -0.4 is 15.4 Å². The van der Waals surface area contributed by atoms with Crippen molar-refractivity contribution in [3.05, 3.63) is 42.5 Å². The molecule has 3 amide bonds. The Hall–Kier alpha value is -3.07. The van der Waals surface area contributed by atoms with Crippen molar-refractivity contribution in [3.8, 4) is 5.75 Å². The maximum atomic E-state index is 12.0. The summed E-state index contributed by atoms with van der Waals surface area (Å²) in [6.45, 7) is 5.79. The van der Waals surface area contributed by atoms with Gasteiger partial charge < -0.3 is 10.1 Å². The van der Waals surface area contributed by atoms with Gasteiger partial charge in [0.1, 0.15) is 5.75 Å². The van der Waals surface area contributed by atoms with E-state index in [1.54, 1.807) is 7.11 Å². The molecule has 1 aromatic carbocycles. The number of nitrogens with one attached hydrogen (secondary N) is 2. The lowest BCUT2D eigenvalue weighted by molar-refractivity contribution is -0.117. The molecule has 27 heavy (non-hydrogen) atoms. The predicted octanol–water partition coefficient (Wildman–Crippen LogP) is 2.30. The third-order valence-corrected chi connectivity index (χ3v) is 4.80. The van der Waals surface area contributed by atoms with Crippen LogP contribution in [0, 0.1) is 6.92 Å². The first-order valence-electron chi connectivity index (χ1n) is 8.17. The first-order valence-corrected chi connectivity index (χ1v) is 9.16. The zero-order valence-electron chi connectivity index (χ0n) is 15.0. The van der Waals surface area contributed by atoms with Crippen molar-refractivity contribution < 1.29 is 14.3 Å². The van der Waals surface area contributed by atoms with E-state index in [2.05, 4.69) is 27.4 Å². The number of imide groups is 1. The molecule has 0 fully saturated rings. The lowest BCUT2D eigenvalue weighted by Gasteiger charge is -2.09. The van der Waals surface area contributed by atoms with Crippen molar-refractivity contribution in [3.63, 3.8) is 0 Å². The molecular weight excluding hydrogens is 366 g/mol. The molecule has 3 aromatic rings. The summed E-state index contributed by atoms with van der Waals surface area (Å²) in [7, 11) is 1.61. The van der Waals surface area contributed by atoms with Gasteiger partial charge in [-0.3, -0.25) is 14.5 Å². The van der Waals surface area contributed by atoms with Gasteiger partial charge in [0.25, 0.3) is 0 Å². The third-order valence-electron chi connectivity index (χ3n) is 3.87. The zero-order valence-corrected chi connectivity index (χ0v) is 15.8. The monoisotopic (exact) mass is 385 g/mol. The summed E-state index contributed by atoms with van der Waals surface area (Å²) in [5.41, 5.74) is 2.64. The molecule has 0 aliphatic heterocycles. The number of rotatable bonds is 6. The molecule has 0 saturated carbocycles. The molecule has 0 radical (unpaired) electrons. The van der Waals surface area contributed by atoms with Gasteiger partial charge in [0.2, 0.25) is 5.91 Å². The average molecular weight is 385 g/mol. The normalized spacial score (nSPS) is 10.7. The number of fused-ring (bicyclic) bond motifs is 3. The van der Waals surface area contributed by atoms with Crippen molar-refractivity contribution in [1.29, 1.82) is 0 Å². The van der Waals surface area contributed by atoms with E-state index in [1.807, 2.05) is 35.6 Å². The van der Waals surface area contributed by atoms with E-state index in [0.717, 1.165) is 22.2 Å². The van der Waals surface area contributed by atoms with Gasteiger partial charge in [0.15, 0.2) is 10.8 Å². The molecule has 140 valence electrons. The fourth-order valence-electron chi connectivity index (χ4n) is 2.62. The molecule has 0 saturated heterocycles. The van der Waals surface area contributed by atoms with Gasteiger partial charge in [0, 0.05) is 18.0 Å². The van der Waals surface area contributed by atoms with Crippen molar-refractivity contribution >= 4 is 40.3 Å². The van der Waals surface area contributed by atoms with Gasteiger partial charge in [-0.2, -0.15) is 0 Å². The number of nitrogens with zero attached hydrogens (tertiary/aromatic N) is 3. The lowest BCUT2D eigenvalue weighted by atomic mass is 10.1. The molecule has 0 aliphatic carbocycles. The fourth-order valence-corrected chi connectivity index (χ4v) is 3.38. The summed E-state index contributed by atoms with van der Waals surface area (Å²) in [6.07, 6.45) is 1.53. The highest BCUT2D eigenvalue weighted by Gasteiger charge is 2.15. The van der Waals surface area contributed by atoms with Gasteiger partial charge in [0.05, 0.1) is 18.4 Å². The number of aromatic nitrogens is 3. The molecular formula is C18H19N5O3S. The summed E-state index contributed by atoms with van der Waals surface area (Å²) in [6, 6.07) is 7.17. The van der Waals surface area contributed by atoms with E-state index in [-0.39, 0.29) is 12.3 Å². The first kappa shape index (κ1) is 18.7. The summed E-state index contributed by atoms with van der Waals surface area (Å²) in [5, 5.41) is 14.7. The number of pyridine rings is 1. The van der Waals surface area contributed by atoms with E-state index >= 15 is 0 Å². The minimum atomic E-state index is -0.558. The zero-order chi connectivity index (χ0) is 19.4. The Bertz CT molecular complexity index is 1030. The largest absolute Gasteiger partial charge is 0.497 e. The summed E-state index contributed by atoms with van der Waals surface area (Å²) in [5.74, 6) is 0.324. The number of benzene rings is 1. The van der Waals surface area contributed by atoms with E-state index < -0.39 is 11.9 Å². The molecule has 3 rings (SSSR count). The van der Waals surface area contributed by atoms with Gasteiger partial charge in [-0.15, -0.1) is 16.8 Å². The number of methoxy groups -OCH3 is 1. The van der Waals surface area contributed by atoms with Crippen molar-refractivity contribution in [2.24, 2.45) is 0 Å². The molecule has 8 nitrogen and oxygen atoms in total. The third kappa shape index (κ3) is 4.03. The van der Waals surface area contributed by atoms with Crippen LogP contribution in [0.3, 0.4) is 0 Å². The molecule has 2 aromatic heterocycles. The number of carbonyl (C=O) groups excluding carboxylic acids is 2. The smallest absolute Gasteiger partial charge is 0.321 e. The van der Waals surface area contributed by atoms with Crippen LogP contribution in [0.1, 0.15) is 5.56 Å². The number of amides is 3. The molecule has 2 N–H and O–H groups in total. The average Bonchev–Trinajstić information content (AvgIpc) is 3.07. The number of urea groups is 1. The maximum Gasteiger partial charge on any atom is 0.321 e. The molecule has 9 heteroatoms. The van der Waals surface area contributed by atoms with E-state index in [9.17, 15) is 9.59 Å². The Morgan fingerprint density at radius 2 is 2.15 bits per heavy atom. The maximum absolute atomic E-state index is 12.0. The molecule has 0 atom stereocenters. The topological polar surface area (TPSA) is 97.6 Å². The van der Waals surface area contributed by atoms with Crippen LogP contribution in [0.5, 0.6) is 5.75 Å². The van der Waals surface area contributed by atoms with Gasteiger partial charge in [-0.05, 0) is 30.7 Å². The second kappa shape index (κ2) is 8.09. The Balaban J connectivity index is 1.85. The lowest BCUT2D eigenvalue weighted by Crippen LogP contribution is -2.40. The quantitative estimate of drug-likeness (QED) is 0.499. The van der Waals surface area contributed by atoms with Crippen LogP contribution in [0.4, 0.5) is 4.79 Å². The molecule has 0 aliphatic rings. The van der Waals surface area contributed by atoms with Gasteiger partial charge in [-0.1, -0.05) is 17.8 Å². The molecule has 0 bridgehead atoms. The second-order valence-corrected chi connectivity index (χ2v) is 6.66. The second-order valence-electron chi connectivity index (χ2n) is 5.72. The van der Waals surface area contributed by atoms with E-state index in [1.165, 1.54) is 17.8 Å². The number of hydrogen-bond acceptors (Lipinski definition) is 6. The highest BCUT2D eigenvalue weighted by Crippen LogP contribution is 2.28. The van der Waals surface area contributed by atoms with Crippen LogP contribution in [-0.2, 0) is 4.79 Å². The van der Waals surface area contributed by atoms with Crippen LogP contribution >= 0.6 is 11.8 Å². The standard InChI is InChI=1S/C18H19N5O3S/c1-4-7-19-17(25)20-16(24)10-27-18-22-21-15-8-11(2)13-6-5-12(26-3)9-14(13)23(15)18/h4-6,8-9H,1,7,10H2,2-3H3,(H2,19,20,24,25). The fraction of sp³-hybridized carbons (Fsp3) is 0.222. The van der Waals surface area contributed by atoms with Crippen LogP contribution in [-0.4, -0.2) is 45.9 Å². The van der Waals surface area contributed by atoms with E-state index in [4.69, 9.17) is 4.74 Å². The Morgan fingerprint density at radius 1 is 1.33 bits per heavy atom. The van der Waals surface area contributed by atoms with Crippen molar-refractivity contribution in [1.82, 2.24) is 25.2 Å². The minimum absolute atomic E-state index is 0.0294. The number of carbonyl (C=O) groups is 2. The van der Waals surface area contributed by atoms with Crippen molar-refractivity contribution in [2.45, 2.75) is 12.1 Å². The summed E-state index contributed by atoms with van der Waals surface area (Å²) in [4.78, 5) is 23.5. The predicted molar refractivity (Wildman–Crippen MR) is 104 cm³/mol. The van der Waals surface area contributed by atoms with Crippen molar-refractivity contribution in [2.75, 3.05) is 19.4 Å². The van der Waals surface area contributed by atoms with Crippen LogP contribution in [0.15, 0.2) is 42.1 Å². The van der Waals surface area contributed by atoms with Crippen LogP contribution in [0.2, 0.25) is 0 Å².